The predicted molar refractivity (Wildman–Crippen MR) is 90.2 cm³/mol. The topological polar surface area (TPSA) is 71.1 Å². The first-order valence-electron chi connectivity index (χ1n) is 6.71. The molecule has 1 saturated heterocycles. The van der Waals surface area contributed by atoms with Crippen LogP contribution in [-0.2, 0) is 10.3 Å². The molecule has 0 aromatic heterocycles. The number of aliphatic imine (C=N–C) groups is 1. The molecule has 0 aliphatic carbocycles. The van der Waals surface area contributed by atoms with Crippen LogP contribution < -0.4 is 5.73 Å². The van der Waals surface area contributed by atoms with Crippen LogP contribution in [0.5, 0.6) is 0 Å². The van der Waals surface area contributed by atoms with E-state index < -0.39 is 17.2 Å². The lowest BCUT2D eigenvalue weighted by Crippen LogP contribution is -2.45. The Balaban J connectivity index is 0.00000242. The van der Waals surface area contributed by atoms with Crippen molar-refractivity contribution in [2.75, 3.05) is 32.8 Å². The fraction of sp³-hybridized carbons (Fsp3) is 0.500. The molecule has 0 spiro atoms. The molecule has 1 aliphatic rings. The van der Waals surface area contributed by atoms with Gasteiger partial charge in [0.1, 0.15) is 17.2 Å². The third-order valence-corrected chi connectivity index (χ3v) is 3.40. The second kappa shape index (κ2) is 8.02. The SMILES string of the molecule is CC(O)(CN=C(N)N1CCOCC1)c1ccc(F)cc1F.I. The van der Waals surface area contributed by atoms with Gasteiger partial charge >= 0.3 is 0 Å². The molecule has 3 N–H and O–H groups in total. The second-order valence-corrected chi connectivity index (χ2v) is 5.17. The summed E-state index contributed by atoms with van der Waals surface area (Å²) in [6.45, 7) is 3.70. The molecular formula is C14H20F2IN3O2. The second-order valence-electron chi connectivity index (χ2n) is 5.17. The molecule has 1 heterocycles. The normalized spacial score (nSPS) is 18.5. The number of nitrogens with zero attached hydrogens (tertiary/aromatic N) is 2. The first kappa shape index (κ1) is 19.0. The zero-order valence-electron chi connectivity index (χ0n) is 12.3. The third kappa shape index (κ3) is 4.75. The van der Waals surface area contributed by atoms with Crippen LogP contribution in [0.15, 0.2) is 23.2 Å². The number of rotatable bonds is 3. The number of benzene rings is 1. The predicted octanol–water partition coefficient (Wildman–Crippen LogP) is 1.44. The fourth-order valence-corrected chi connectivity index (χ4v) is 2.14. The number of hydrogen-bond donors (Lipinski definition) is 2. The standard InChI is InChI=1S/C14H19F2N3O2.HI/c1-14(20,11-3-2-10(15)8-12(11)16)9-18-13(17)19-4-6-21-7-5-19;/h2-3,8,20H,4-7,9H2,1H3,(H2,17,18);1H. The van der Waals surface area contributed by atoms with E-state index in [0.29, 0.717) is 26.3 Å². The summed E-state index contributed by atoms with van der Waals surface area (Å²) < 4.78 is 31.8. The number of morpholine rings is 1. The summed E-state index contributed by atoms with van der Waals surface area (Å²) in [5.41, 5.74) is 4.28. The molecular weight excluding hydrogens is 407 g/mol. The van der Waals surface area contributed by atoms with Crippen molar-refractivity contribution in [3.63, 3.8) is 0 Å². The summed E-state index contributed by atoms with van der Waals surface area (Å²) >= 11 is 0. The zero-order valence-corrected chi connectivity index (χ0v) is 14.6. The largest absolute Gasteiger partial charge is 0.383 e. The molecule has 5 nitrogen and oxygen atoms in total. The number of aliphatic hydroxyl groups is 1. The minimum atomic E-state index is -1.56. The van der Waals surface area contributed by atoms with Gasteiger partial charge in [-0.05, 0) is 13.0 Å². The molecule has 22 heavy (non-hydrogen) atoms. The number of halogens is 3. The molecule has 1 aliphatic heterocycles. The highest BCUT2D eigenvalue weighted by atomic mass is 127. The van der Waals surface area contributed by atoms with Gasteiger partial charge in [-0.25, -0.2) is 13.8 Å². The van der Waals surface area contributed by atoms with Crippen LogP contribution in [0, 0.1) is 11.6 Å². The average Bonchev–Trinajstić information content (AvgIpc) is 2.45. The van der Waals surface area contributed by atoms with Gasteiger partial charge in [-0.15, -0.1) is 24.0 Å². The van der Waals surface area contributed by atoms with E-state index in [-0.39, 0.29) is 42.0 Å². The number of nitrogens with two attached hydrogens (primary N) is 1. The smallest absolute Gasteiger partial charge is 0.191 e. The molecule has 1 unspecified atom stereocenters. The molecule has 0 saturated carbocycles. The van der Waals surface area contributed by atoms with E-state index in [2.05, 4.69) is 4.99 Å². The number of hydrogen-bond acceptors (Lipinski definition) is 3. The Morgan fingerprint density at radius 2 is 2.05 bits per heavy atom. The Hall–Kier alpha value is -1.00. The summed E-state index contributed by atoms with van der Waals surface area (Å²) in [6.07, 6.45) is 0. The van der Waals surface area contributed by atoms with E-state index in [1.165, 1.54) is 13.0 Å². The van der Waals surface area contributed by atoms with Crippen LogP contribution in [0.1, 0.15) is 12.5 Å². The minimum absolute atomic E-state index is 0. The summed E-state index contributed by atoms with van der Waals surface area (Å²) in [6, 6.07) is 3.05. The summed E-state index contributed by atoms with van der Waals surface area (Å²) in [7, 11) is 0. The lowest BCUT2D eigenvalue weighted by atomic mass is 9.95. The van der Waals surface area contributed by atoms with Crippen molar-refractivity contribution < 1.29 is 18.6 Å². The van der Waals surface area contributed by atoms with Crippen molar-refractivity contribution in [2.45, 2.75) is 12.5 Å². The highest BCUT2D eigenvalue weighted by Crippen LogP contribution is 2.24. The van der Waals surface area contributed by atoms with E-state index in [4.69, 9.17) is 10.5 Å². The lowest BCUT2D eigenvalue weighted by molar-refractivity contribution is 0.0594. The Labute approximate surface area is 145 Å². The van der Waals surface area contributed by atoms with E-state index >= 15 is 0 Å². The number of ether oxygens (including phenoxy) is 1. The first-order chi connectivity index (χ1) is 9.90. The van der Waals surface area contributed by atoms with Crippen LogP contribution in [0.4, 0.5) is 8.78 Å². The van der Waals surface area contributed by atoms with Crippen molar-refractivity contribution in [3.8, 4) is 0 Å². The maximum atomic E-state index is 13.7. The van der Waals surface area contributed by atoms with Gasteiger partial charge in [0.25, 0.3) is 0 Å². The first-order valence-corrected chi connectivity index (χ1v) is 6.71. The minimum Gasteiger partial charge on any atom is -0.383 e. The Kier molecular flexibility index (Phi) is 6.95. The molecule has 1 atom stereocenters. The molecule has 8 heteroatoms. The van der Waals surface area contributed by atoms with Crippen LogP contribution in [0.2, 0.25) is 0 Å². The summed E-state index contributed by atoms with van der Waals surface area (Å²) in [5, 5.41) is 10.3. The van der Waals surface area contributed by atoms with E-state index in [9.17, 15) is 13.9 Å². The molecule has 1 aromatic rings. The van der Waals surface area contributed by atoms with E-state index in [1.54, 1.807) is 0 Å². The highest BCUT2D eigenvalue weighted by molar-refractivity contribution is 14.0. The zero-order chi connectivity index (χ0) is 15.5. The average molecular weight is 427 g/mol. The van der Waals surface area contributed by atoms with Gasteiger partial charge in [-0.1, -0.05) is 6.07 Å². The Bertz CT molecular complexity index is 535. The van der Waals surface area contributed by atoms with Crippen molar-refractivity contribution >= 4 is 29.9 Å². The lowest BCUT2D eigenvalue weighted by Gasteiger charge is -2.29. The van der Waals surface area contributed by atoms with Gasteiger partial charge in [0.2, 0.25) is 0 Å². The van der Waals surface area contributed by atoms with E-state index in [0.717, 1.165) is 12.1 Å². The van der Waals surface area contributed by atoms with Crippen LogP contribution >= 0.6 is 24.0 Å². The molecule has 1 aromatic carbocycles. The quantitative estimate of drug-likeness (QED) is 0.435. The van der Waals surface area contributed by atoms with Gasteiger partial charge in [0, 0.05) is 24.7 Å². The van der Waals surface area contributed by atoms with Crippen LogP contribution in [0.25, 0.3) is 0 Å². The molecule has 124 valence electrons. The summed E-state index contributed by atoms with van der Waals surface area (Å²) in [4.78, 5) is 5.95. The Morgan fingerprint density at radius 3 is 2.64 bits per heavy atom. The van der Waals surface area contributed by atoms with Gasteiger partial charge in [0.15, 0.2) is 5.96 Å². The third-order valence-electron chi connectivity index (χ3n) is 3.40. The van der Waals surface area contributed by atoms with Gasteiger partial charge in [-0.3, -0.25) is 0 Å². The van der Waals surface area contributed by atoms with Crippen LogP contribution in [-0.4, -0.2) is 48.8 Å². The molecule has 1 fully saturated rings. The monoisotopic (exact) mass is 427 g/mol. The summed E-state index contributed by atoms with van der Waals surface area (Å²) in [5.74, 6) is -1.22. The van der Waals surface area contributed by atoms with Crippen molar-refractivity contribution in [1.82, 2.24) is 4.90 Å². The fourth-order valence-electron chi connectivity index (χ4n) is 2.14. The molecule has 0 bridgehead atoms. The van der Waals surface area contributed by atoms with Gasteiger partial charge < -0.3 is 20.5 Å². The number of guanidine groups is 1. The molecule has 0 radical (unpaired) electrons. The maximum Gasteiger partial charge on any atom is 0.191 e. The molecule has 0 amide bonds. The van der Waals surface area contributed by atoms with Crippen molar-refractivity contribution in [1.29, 1.82) is 0 Å². The van der Waals surface area contributed by atoms with E-state index in [1.807, 2.05) is 4.90 Å². The van der Waals surface area contributed by atoms with Gasteiger partial charge in [0.05, 0.1) is 19.8 Å². The highest BCUT2D eigenvalue weighted by Gasteiger charge is 2.27. The van der Waals surface area contributed by atoms with Crippen LogP contribution in [0.3, 0.4) is 0 Å². The molecule has 2 rings (SSSR count). The van der Waals surface area contributed by atoms with Crippen molar-refractivity contribution in [3.05, 3.63) is 35.4 Å². The Morgan fingerprint density at radius 1 is 1.41 bits per heavy atom. The van der Waals surface area contributed by atoms with Crippen molar-refractivity contribution in [2.24, 2.45) is 10.7 Å². The maximum absolute atomic E-state index is 13.7. The van der Waals surface area contributed by atoms with Gasteiger partial charge in [-0.2, -0.15) is 0 Å².